The second kappa shape index (κ2) is 6.27. The van der Waals surface area contributed by atoms with Crippen LogP contribution in [0.4, 0.5) is 0 Å². The lowest BCUT2D eigenvalue weighted by atomic mass is 10.00. The van der Waals surface area contributed by atoms with Crippen molar-refractivity contribution in [1.29, 1.82) is 0 Å². The van der Waals surface area contributed by atoms with Crippen molar-refractivity contribution in [1.82, 2.24) is 10.6 Å². The topological polar surface area (TPSA) is 41.1 Å². The summed E-state index contributed by atoms with van der Waals surface area (Å²) in [5, 5.41) is 8.98. The van der Waals surface area contributed by atoms with Crippen LogP contribution in [-0.4, -0.2) is 24.5 Å². The van der Waals surface area contributed by atoms with Gasteiger partial charge in [-0.15, -0.1) is 0 Å². The zero-order valence-electron chi connectivity index (χ0n) is 12.4. The fraction of sp³-hybridized carbons (Fsp3) is 0.389. The summed E-state index contributed by atoms with van der Waals surface area (Å²) in [5.74, 6) is 0.129. The van der Waals surface area contributed by atoms with Crippen molar-refractivity contribution in [2.75, 3.05) is 6.54 Å². The Morgan fingerprint density at radius 3 is 2.86 bits per heavy atom. The molecule has 1 aliphatic rings. The highest BCUT2D eigenvalue weighted by molar-refractivity contribution is 5.85. The summed E-state index contributed by atoms with van der Waals surface area (Å²) in [4.78, 5) is 12.2. The predicted molar refractivity (Wildman–Crippen MR) is 86.3 cm³/mol. The van der Waals surface area contributed by atoms with Crippen LogP contribution >= 0.6 is 0 Å². The number of amides is 1. The highest BCUT2D eigenvalue weighted by Gasteiger charge is 2.19. The second-order valence-corrected chi connectivity index (χ2v) is 6.00. The largest absolute Gasteiger partial charge is 0.353 e. The molecule has 1 heterocycles. The van der Waals surface area contributed by atoms with Crippen LogP contribution < -0.4 is 10.6 Å². The SMILES string of the molecule is CC1CC(NC(=O)Cc2ccc3ccccc3c2)CCN1. The molecular weight excluding hydrogens is 260 g/mol. The van der Waals surface area contributed by atoms with Gasteiger partial charge in [0.1, 0.15) is 0 Å². The van der Waals surface area contributed by atoms with Gasteiger partial charge in [-0.05, 0) is 42.6 Å². The van der Waals surface area contributed by atoms with Gasteiger partial charge in [-0.3, -0.25) is 4.79 Å². The fourth-order valence-electron chi connectivity index (χ4n) is 3.08. The Labute approximate surface area is 125 Å². The van der Waals surface area contributed by atoms with E-state index in [-0.39, 0.29) is 5.91 Å². The molecule has 3 heteroatoms. The number of carbonyl (C=O) groups is 1. The van der Waals surface area contributed by atoms with Crippen molar-refractivity contribution in [3.05, 3.63) is 48.0 Å². The lowest BCUT2D eigenvalue weighted by Gasteiger charge is -2.28. The summed E-state index contributed by atoms with van der Waals surface area (Å²) in [6.45, 7) is 3.16. The van der Waals surface area contributed by atoms with Crippen LogP contribution in [-0.2, 0) is 11.2 Å². The number of fused-ring (bicyclic) bond motifs is 1. The van der Waals surface area contributed by atoms with E-state index in [9.17, 15) is 4.79 Å². The van der Waals surface area contributed by atoms with Gasteiger partial charge in [-0.25, -0.2) is 0 Å². The number of carbonyl (C=O) groups excluding carboxylic acids is 1. The van der Waals surface area contributed by atoms with Gasteiger partial charge in [0, 0.05) is 12.1 Å². The minimum Gasteiger partial charge on any atom is -0.353 e. The van der Waals surface area contributed by atoms with Crippen LogP contribution in [0.1, 0.15) is 25.3 Å². The summed E-state index contributed by atoms with van der Waals surface area (Å²) < 4.78 is 0. The van der Waals surface area contributed by atoms with E-state index in [2.05, 4.69) is 41.8 Å². The molecule has 0 saturated carbocycles. The third-order valence-corrected chi connectivity index (χ3v) is 4.17. The first kappa shape index (κ1) is 14.1. The maximum absolute atomic E-state index is 12.2. The molecule has 1 fully saturated rings. The molecular formula is C18H22N2O. The van der Waals surface area contributed by atoms with Crippen molar-refractivity contribution in [2.24, 2.45) is 0 Å². The number of piperidine rings is 1. The van der Waals surface area contributed by atoms with Gasteiger partial charge in [-0.1, -0.05) is 42.5 Å². The molecule has 3 nitrogen and oxygen atoms in total. The molecule has 0 bridgehead atoms. The van der Waals surface area contributed by atoms with E-state index in [1.807, 2.05) is 18.2 Å². The minimum atomic E-state index is 0.129. The van der Waals surface area contributed by atoms with E-state index in [1.165, 1.54) is 10.8 Å². The van der Waals surface area contributed by atoms with E-state index in [0.29, 0.717) is 18.5 Å². The third kappa shape index (κ3) is 3.61. The van der Waals surface area contributed by atoms with Gasteiger partial charge in [0.2, 0.25) is 5.91 Å². The molecule has 110 valence electrons. The molecule has 0 spiro atoms. The van der Waals surface area contributed by atoms with Crippen LogP contribution in [0.25, 0.3) is 10.8 Å². The number of rotatable bonds is 3. The van der Waals surface area contributed by atoms with Crippen LogP contribution in [0.3, 0.4) is 0 Å². The summed E-state index contributed by atoms with van der Waals surface area (Å²) in [7, 11) is 0. The zero-order valence-corrected chi connectivity index (χ0v) is 12.4. The molecule has 0 radical (unpaired) electrons. The van der Waals surface area contributed by atoms with Crippen molar-refractivity contribution >= 4 is 16.7 Å². The molecule has 1 saturated heterocycles. The van der Waals surface area contributed by atoms with Gasteiger partial charge in [-0.2, -0.15) is 0 Å². The Morgan fingerprint density at radius 2 is 2.05 bits per heavy atom. The monoisotopic (exact) mass is 282 g/mol. The predicted octanol–water partition coefficient (Wildman–Crippen LogP) is 2.64. The van der Waals surface area contributed by atoms with Crippen molar-refractivity contribution in [2.45, 2.75) is 38.3 Å². The Hall–Kier alpha value is -1.87. The molecule has 3 rings (SSSR count). The fourth-order valence-corrected chi connectivity index (χ4v) is 3.08. The Kier molecular flexibility index (Phi) is 4.20. The minimum absolute atomic E-state index is 0.129. The van der Waals surface area contributed by atoms with E-state index in [0.717, 1.165) is 24.9 Å². The molecule has 1 amide bonds. The smallest absolute Gasteiger partial charge is 0.224 e. The van der Waals surface area contributed by atoms with Gasteiger partial charge in [0.05, 0.1) is 6.42 Å². The molecule has 2 N–H and O–H groups in total. The van der Waals surface area contributed by atoms with Gasteiger partial charge < -0.3 is 10.6 Å². The van der Waals surface area contributed by atoms with E-state index < -0.39 is 0 Å². The summed E-state index contributed by atoms with van der Waals surface area (Å²) in [5.41, 5.74) is 1.08. The lowest BCUT2D eigenvalue weighted by Crippen LogP contribution is -2.46. The summed E-state index contributed by atoms with van der Waals surface area (Å²) in [6.07, 6.45) is 2.50. The maximum Gasteiger partial charge on any atom is 0.224 e. The molecule has 2 atom stereocenters. The zero-order chi connectivity index (χ0) is 14.7. The summed E-state index contributed by atoms with van der Waals surface area (Å²) >= 11 is 0. The van der Waals surface area contributed by atoms with E-state index in [1.54, 1.807) is 0 Å². The van der Waals surface area contributed by atoms with Gasteiger partial charge >= 0.3 is 0 Å². The average molecular weight is 282 g/mol. The standard InChI is InChI=1S/C18H22N2O/c1-13-10-17(8-9-19-13)20-18(21)12-14-6-7-15-4-2-3-5-16(15)11-14/h2-7,11,13,17,19H,8-10,12H2,1H3,(H,20,21). The molecule has 2 aromatic carbocycles. The first-order valence-electron chi connectivity index (χ1n) is 7.71. The molecule has 0 aromatic heterocycles. The third-order valence-electron chi connectivity index (χ3n) is 4.17. The summed E-state index contributed by atoms with van der Waals surface area (Å²) in [6, 6.07) is 15.3. The lowest BCUT2D eigenvalue weighted by molar-refractivity contribution is -0.121. The van der Waals surface area contributed by atoms with Crippen LogP contribution in [0.15, 0.2) is 42.5 Å². The molecule has 21 heavy (non-hydrogen) atoms. The second-order valence-electron chi connectivity index (χ2n) is 6.00. The maximum atomic E-state index is 12.2. The number of hydrogen-bond donors (Lipinski definition) is 2. The number of hydrogen-bond acceptors (Lipinski definition) is 2. The average Bonchev–Trinajstić information content (AvgIpc) is 2.47. The van der Waals surface area contributed by atoms with Crippen LogP contribution in [0.5, 0.6) is 0 Å². The van der Waals surface area contributed by atoms with Crippen molar-refractivity contribution in [3.63, 3.8) is 0 Å². The molecule has 2 aromatic rings. The number of benzene rings is 2. The van der Waals surface area contributed by atoms with E-state index >= 15 is 0 Å². The Balaban J connectivity index is 1.63. The molecule has 1 aliphatic heterocycles. The van der Waals surface area contributed by atoms with E-state index in [4.69, 9.17) is 0 Å². The highest BCUT2D eigenvalue weighted by Crippen LogP contribution is 2.16. The first-order chi connectivity index (χ1) is 10.2. The van der Waals surface area contributed by atoms with Gasteiger partial charge in [0.25, 0.3) is 0 Å². The molecule has 2 unspecified atom stereocenters. The van der Waals surface area contributed by atoms with Crippen LogP contribution in [0, 0.1) is 0 Å². The van der Waals surface area contributed by atoms with Gasteiger partial charge in [0.15, 0.2) is 0 Å². The Bertz CT molecular complexity index is 638. The highest BCUT2D eigenvalue weighted by atomic mass is 16.1. The normalized spacial score (nSPS) is 22.1. The van der Waals surface area contributed by atoms with Crippen LogP contribution in [0.2, 0.25) is 0 Å². The quantitative estimate of drug-likeness (QED) is 0.908. The van der Waals surface area contributed by atoms with Crippen molar-refractivity contribution in [3.8, 4) is 0 Å². The first-order valence-corrected chi connectivity index (χ1v) is 7.71. The number of nitrogens with one attached hydrogen (secondary N) is 2. The van der Waals surface area contributed by atoms with Crippen molar-refractivity contribution < 1.29 is 4.79 Å². The Morgan fingerprint density at radius 1 is 1.24 bits per heavy atom. The molecule has 0 aliphatic carbocycles.